The molecule has 1 aliphatic heterocycles. The van der Waals surface area contributed by atoms with Gasteiger partial charge in [-0.05, 0) is 18.1 Å². The Morgan fingerprint density at radius 1 is 1.15 bits per heavy atom. The summed E-state index contributed by atoms with van der Waals surface area (Å²) in [6, 6.07) is 5.78. The molecule has 0 saturated heterocycles. The van der Waals surface area contributed by atoms with Crippen molar-refractivity contribution >= 4 is 17.8 Å². The van der Waals surface area contributed by atoms with Gasteiger partial charge >= 0.3 is 5.97 Å². The molecule has 20 heavy (non-hydrogen) atoms. The number of nitrogens with zero attached hydrogens (tertiary/aromatic N) is 1. The maximum Gasteiger partial charge on any atom is 0.324 e. The molecule has 6 nitrogen and oxygen atoms in total. The topological polar surface area (TPSA) is 75.7 Å². The minimum absolute atomic E-state index is 0.133. The first-order chi connectivity index (χ1) is 9.47. The molecule has 1 aromatic carbocycles. The van der Waals surface area contributed by atoms with Crippen molar-refractivity contribution in [2.24, 2.45) is 5.92 Å². The number of carbonyl (C=O) groups is 3. The Morgan fingerprint density at radius 2 is 1.65 bits per heavy atom. The van der Waals surface area contributed by atoms with E-state index < -0.39 is 23.8 Å². The lowest BCUT2D eigenvalue weighted by Gasteiger charge is -2.24. The number of imide groups is 1. The number of rotatable bonds is 4. The fourth-order valence-corrected chi connectivity index (χ4v) is 2.05. The van der Waals surface area contributed by atoms with Gasteiger partial charge in [0.2, 0.25) is 0 Å². The number of hydrazine groups is 1. The van der Waals surface area contributed by atoms with E-state index in [1.165, 1.54) is 7.11 Å². The lowest BCUT2D eigenvalue weighted by atomic mass is 10.1. The molecular formula is C14H16N2O4. The summed E-state index contributed by atoms with van der Waals surface area (Å²) in [7, 11) is 1.27. The first kappa shape index (κ1) is 14.2. The van der Waals surface area contributed by atoms with E-state index in [0.29, 0.717) is 11.1 Å². The molecule has 0 saturated carbocycles. The Bertz CT molecular complexity index is 533. The van der Waals surface area contributed by atoms with Crippen LogP contribution in [-0.4, -0.2) is 35.9 Å². The van der Waals surface area contributed by atoms with Crippen LogP contribution in [0.4, 0.5) is 0 Å². The number of carbonyl (C=O) groups excluding carboxylic acids is 3. The van der Waals surface area contributed by atoms with Crippen LogP contribution in [0, 0.1) is 5.92 Å². The minimum Gasteiger partial charge on any atom is -0.468 e. The van der Waals surface area contributed by atoms with Crippen molar-refractivity contribution in [1.29, 1.82) is 0 Å². The highest BCUT2D eigenvalue weighted by Crippen LogP contribution is 2.21. The molecule has 2 rings (SSSR count). The van der Waals surface area contributed by atoms with Gasteiger partial charge in [0.05, 0.1) is 18.2 Å². The van der Waals surface area contributed by atoms with E-state index in [4.69, 9.17) is 0 Å². The summed E-state index contributed by atoms with van der Waals surface area (Å²) in [6.07, 6.45) is 0. The number of methoxy groups -OCH3 is 1. The molecule has 1 atom stereocenters. The average molecular weight is 276 g/mol. The monoisotopic (exact) mass is 276 g/mol. The highest BCUT2D eigenvalue weighted by atomic mass is 16.5. The van der Waals surface area contributed by atoms with E-state index in [1.807, 2.05) is 0 Å². The zero-order valence-electron chi connectivity index (χ0n) is 11.5. The third kappa shape index (κ3) is 2.30. The summed E-state index contributed by atoms with van der Waals surface area (Å²) in [5, 5.41) is 0.881. The number of hydrogen-bond donors (Lipinski definition) is 1. The third-order valence-electron chi connectivity index (χ3n) is 3.18. The van der Waals surface area contributed by atoms with Crippen LogP contribution in [0.1, 0.15) is 34.6 Å². The number of ether oxygens (including phenoxy) is 1. The molecule has 0 aromatic heterocycles. The maximum atomic E-state index is 12.2. The molecule has 2 amide bonds. The van der Waals surface area contributed by atoms with Gasteiger partial charge in [0.15, 0.2) is 0 Å². The van der Waals surface area contributed by atoms with E-state index in [2.05, 4.69) is 10.2 Å². The van der Waals surface area contributed by atoms with Gasteiger partial charge in [-0.15, -0.1) is 0 Å². The third-order valence-corrected chi connectivity index (χ3v) is 3.18. The molecule has 0 bridgehead atoms. The van der Waals surface area contributed by atoms with Gasteiger partial charge in [0.25, 0.3) is 11.8 Å². The predicted molar refractivity (Wildman–Crippen MR) is 70.7 cm³/mol. The maximum absolute atomic E-state index is 12.2. The number of nitrogens with one attached hydrogen (secondary N) is 1. The van der Waals surface area contributed by atoms with Crippen LogP contribution in [0.15, 0.2) is 24.3 Å². The molecule has 1 aliphatic rings. The number of benzene rings is 1. The van der Waals surface area contributed by atoms with E-state index in [0.717, 1.165) is 5.01 Å². The van der Waals surface area contributed by atoms with Crippen LogP contribution >= 0.6 is 0 Å². The van der Waals surface area contributed by atoms with Crippen LogP contribution in [0.3, 0.4) is 0 Å². The van der Waals surface area contributed by atoms with Gasteiger partial charge < -0.3 is 4.74 Å². The molecule has 0 spiro atoms. The average Bonchev–Trinajstić information content (AvgIpc) is 2.68. The van der Waals surface area contributed by atoms with E-state index in [1.54, 1.807) is 38.1 Å². The normalized spacial score (nSPS) is 15.5. The SMILES string of the molecule is COC(=O)[C@H](NN1C(=O)c2ccccc2C1=O)C(C)C. The zero-order valence-corrected chi connectivity index (χ0v) is 11.5. The van der Waals surface area contributed by atoms with Gasteiger partial charge in [-0.1, -0.05) is 26.0 Å². The van der Waals surface area contributed by atoms with Gasteiger partial charge in [0.1, 0.15) is 6.04 Å². The van der Waals surface area contributed by atoms with Gasteiger partial charge in [-0.25, -0.2) is 10.4 Å². The molecule has 1 heterocycles. The Balaban J connectivity index is 2.25. The summed E-state index contributed by atoms with van der Waals surface area (Å²) >= 11 is 0. The molecular weight excluding hydrogens is 260 g/mol. The number of fused-ring (bicyclic) bond motifs is 1. The van der Waals surface area contributed by atoms with Crippen molar-refractivity contribution in [3.05, 3.63) is 35.4 Å². The van der Waals surface area contributed by atoms with Crippen molar-refractivity contribution in [1.82, 2.24) is 10.4 Å². The van der Waals surface area contributed by atoms with Crippen LogP contribution < -0.4 is 5.43 Å². The fraction of sp³-hybridized carbons (Fsp3) is 0.357. The summed E-state index contributed by atoms with van der Waals surface area (Å²) in [4.78, 5) is 36.0. The molecule has 6 heteroatoms. The van der Waals surface area contributed by atoms with E-state index in [9.17, 15) is 14.4 Å². The summed E-state index contributed by atoms with van der Waals surface area (Å²) in [5.74, 6) is -1.57. The first-order valence-corrected chi connectivity index (χ1v) is 6.29. The molecule has 0 unspecified atom stereocenters. The zero-order chi connectivity index (χ0) is 14.9. The summed E-state index contributed by atoms with van der Waals surface area (Å²) in [6.45, 7) is 3.60. The second-order valence-electron chi connectivity index (χ2n) is 4.87. The Labute approximate surface area is 116 Å². The predicted octanol–water partition coefficient (Wildman–Crippen LogP) is 0.985. The Morgan fingerprint density at radius 3 is 2.05 bits per heavy atom. The quantitative estimate of drug-likeness (QED) is 0.655. The molecule has 0 aliphatic carbocycles. The second kappa shape index (κ2) is 5.42. The van der Waals surface area contributed by atoms with Crippen LogP contribution in [0.25, 0.3) is 0 Å². The van der Waals surface area contributed by atoms with Gasteiger partial charge in [-0.2, -0.15) is 0 Å². The van der Waals surface area contributed by atoms with Crippen molar-refractivity contribution in [2.75, 3.05) is 7.11 Å². The van der Waals surface area contributed by atoms with Crippen molar-refractivity contribution < 1.29 is 19.1 Å². The minimum atomic E-state index is -0.762. The summed E-state index contributed by atoms with van der Waals surface area (Å²) < 4.78 is 4.68. The standard InChI is InChI=1S/C14H16N2O4/c1-8(2)11(14(19)20-3)15-16-12(17)9-6-4-5-7-10(9)13(16)18/h4-8,11,15H,1-3H3/t11-/m1/s1. The van der Waals surface area contributed by atoms with Gasteiger partial charge in [0, 0.05) is 0 Å². The van der Waals surface area contributed by atoms with E-state index in [-0.39, 0.29) is 5.92 Å². The smallest absolute Gasteiger partial charge is 0.324 e. The van der Waals surface area contributed by atoms with Crippen LogP contribution in [0.5, 0.6) is 0 Å². The number of hydrogen-bond acceptors (Lipinski definition) is 5. The molecule has 106 valence electrons. The highest BCUT2D eigenvalue weighted by Gasteiger charge is 2.38. The molecule has 1 N–H and O–H groups in total. The van der Waals surface area contributed by atoms with E-state index >= 15 is 0 Å². The van der Waals surface area contributed by atoms with Crippen molar-refractivity contribution in [3.8, 4) is 0 Å². The molecule has 1 aromatic rings. The highest BCUT2D eigenvalue weighted by molar-refractivity contribution is 6.21. The Hall–Kier alpha value is -2.21. The lowest BCUT2D eigenvalue weighted by molar-refractivity contribution is -0.145. The first-order valence-electron chi connectivity index (χ1n) is 6.29. The number of esters is 1. The Kier molecular flexibility index (Phi) is 3.85. The van der Waals surface area contributed by atoms with Gasteiger partial charge in [-0.3, -0.25) is 14.4 Å². The van der Waals surface area contributed by atoms with Crippen LogP contribution in [0.2, 0.25) is 0 Å². The lowest BCUT2D eigenvalue weighted by Crippen LogP contribution is -2.53. The van der Waals surface area contributed by atoms with Crippen molar-refractivity contribution in [3.63, 3.8) is 0 Å². The molecule has 0 radical (unpaired) electrons. The second-order valence-corrected chi connectivity index (χ2v) is 4.87. The van der Waals surface area contributed by atoms with Crippen LogP contribution in [-0.2, 0) is 9.53 Å². The molecule has 0 fully saturated rings. The van der Waals surface area contributed by atoms with Crippen molar-refractivity contribution in [2.45, 2.75) is 19.9 Å². The largest absolute Gasteiger partial charge is 0.468 e. The summed E-state index contributed by atoms with van der Waals surface area (Å²) in [5.41, 5.74) is 3.33. The number of amides is 2. The fourth-order valence-electron chi connectivity index (χ4n) is 2.05.